The molecule has 0 spiro atoms. The van der Waals surface area contributed by atoms with E-state index in [1.165, 1.54) is 19.3 Å². The van der Waals surface area contributed by atoms with Gasteiger partial charge in [-0.1, -0.05) is 155 Å². The number of phosphoric acid groups is 2. The van der Waals surface area contributed by atoms with Gasteiger partial charge in [0.15, 0.2) is 6.10 Å². The van der Waals surface area contributed by atoms with E-state index in [0.29, 0.717) is 32.1 Å². The summed E-state index contributed by atoms with van der Waals surface area (Å²) in [5.41, 5.74) is 0. The molecule has 0 radical (unpaired) electrons. The van der Waals surface area contributed by atoms with Crippen molar-refractivity contribution < 1.29 is 71.8 Å². The Balaban J connectivity index is 4.79. The largest absolute Gasteiger partial charge is 0.472 e. The Morgan fingerprint density at radius 1 is 0.522 bits per heavy atom. The summed E-state index contributed by atoms with van der Waals surface area (Å²) in [5.74, 6) is -1.26. The summed E-state index contributed by atoms with van der Waals surface area (Å²) in [6, 6.07) is 0. The first-order chi connectivity index (χ1) is 32.2. The van der Waals surface area contributed by atoms with Gasteiger partial charge in [0.2, 0.25) is 0 Å². The third-order valence-corrected chi connectivity index (χ3v) is 10.4. The molecular formula is C50H80O15P2. The predicted octanol–water partition coefficient (Wildman–Crippen LogP) is 10.4. The van der Waals surface area contributed by atoms with E-state index >= 15 is 0 Å². The van der Waals surface area contributed by atoms with Crippen LogP contribution in [0.25, 0.3) is 0 Å². The van der Waals surface area contributed by atoms with Gasteiger partial charge in [-0.25, -0.2) is 9.13 Å². The van der Waals surface area contributed by atoms with Crippen molar-refractivity contribution in [2.75, 3.05) is 26.4 Å². The van der Waals surface area contributed by atoms with Gasteiger partial charge >= 0.3 is 27.6 Å². The molecule has 380 valence electrons. The van der Waals surface area contributed by atoms with Gasteiger partial charge in [-0.2, -0.15) is 0 Å². The molecule has 0 aliphatic carbocycles. The summed E-state index contributed by atoms with van der Waals surface area (Å²) in [6.07, 6.45) is 48.3. The SMILES string of the molecule is CC/C=C\C[C@@H](O)/C=C/C=C\C/C=C\C=C\[C@@H](O)/C=C\CCCC(=O)OC[C@H](COP(=O)(O)OC[C@@H](O)COP(=O)(O)O)OC(=O)CCCCC/C=C\C/C=C\C/C=C\C/C=C\CCCCC. The number of phosphoric ester groups is 2. The molecule has 0 saturated heterocycles. The van der Waals surface area contributed by atoms with Crippen LogP contribution in [0, 0.1) is 0 Å². The molecule has 6 N–H and O–H groups in total. The topological polar surface area (TPSA) is 236 Å². The molecule has 0 fully saturated rings. The minimum Gasteiger partial charge on any atom is -0.462 e. The number of rotatable bonds is 42. The fourth-order valence-electron chi connectivity index (χ4n) is 5.42. The fourth-order valence-corrected chi connectivity index (χ4v) is 6.58. The quantitative estimate of drug-likeness (QED) is 0.0110. The normalized spacial score (nSPS) is 15.9. The molecule has 0 aliphatic heterocycles. The molecule has 0 aliphatic rings. The minimum atomic E-state index is -4.90. The van der Waals surface area contributed by atoms with Crippen molar-refractivity contribution in [2.24, 2.45) is 0 Å². The lowest BCUT2D eigenvalue weighted by atomic mass is 10.1. The molecule has 0 aromatic carbocycles. The Kier molecular flexibility index (Phi) is 41.4. The highest BCUT2D eigenvalue weighted by atomic mass is 31.2. The standard InChI is InChI=1S/C50H80O15P2/c1-3-5-7-8-9-10-11-12-13-14-15-16-17-18-19-20-24-27-33-40-50(55)65-48(44-64-67(59,60)63-42-47(53)41-62-66(56,57)58)43-61-49(54)39-34-28-32-38-46(52)37-31-26-23-21-22-25-30-36-45(51)35-29-6-4-2/h6,9-10,12-13,15-16,18-19,22-23,25-26,29-32,36-38,45-48,51-53H,3-5,7-8,11,14,17,20-21,24,27-28,33-35,39-44H2,1-2H3,(H,59,60)(H2,56,57,58)/b10-9-,13-12-,16-15-,19-18-,25-22-,26-23-,29-6-,36-30+,37-31+,38-32-/t45-,46-,47+,48-/m1/s1. The number of carbonyl (C=O) groups is 2. The Morgan fingerprint density at radius 2 is 1.07 bits per heavy atom. The van der Waals surface area contributed by atoms with E-state index in [1.54, 1.807) is 36.5 Å². The Morgan fingerprint density at radius 3 is 1.70 bits per heavy atom. The van der Waals surface area contributed by atoms with E-state index in [2.05, 4.69) is 64.6 Å². The van der Waals surface area contributed by atoms with Gasteiger partial charge in [0.1, 0.15) is 12.7 Å². The second-order valence-electron chi connectivity index (χ2n) is 15.3. The molecule has 1 unspecified atom stereocenters. The van der Waals surface area contributed by atoms with Gasteiger partial charge in [0, 0.05) is 12.8 Å². The van der Waals surface area contributed by atoms with Crippen molar-refractivity contribution in [3.8, 4) is 0 Å². The zero-order valence-electron chi connectivity index (χ0n) is 39.7. The van der Waals surface area contributed by atoms with Crippen LogP contribution in [0.15, 0.2) is 122 Å². The lowest BCUT2D eigenvalue weighted by Gasteiger charge is -2.20. The molecule has 17 heteroatoms. The molecule has 0 saturated carbocycles. The number of ether oxygens (including phenoxy) is 2. The fraction of sp³-hybridized carbons (Fsp3) is 0.560. The number of hydrogen-bond acceptors (Lipinski definition) is 12. The van der Waals surface area contributed by atoms with Crippen LogP contribution in [-0.2, 0) is 41.8 Å². The van der Waals surface area contributed by atoms with E-state index in [9.17, 15) is 38.9 Å². The average molecular weight is 983 g/mol. The van der Waals surface area contributed by atoms with E-state index in [4.69, 9.17) is 23.8 Å². The van der Waals surface area contributed by atoms with Crippen LogP contribution >= 0.6 is 15.6 Å². The van der Waals surface area contributed by atoms with Gasteiger partial charge in [-0.3, -0.25) is 23.2 Å². The summed E-state index contributed by atoms with van der Waals surface area (Å²) < 4.78 is 47.7. The number of hydrogen-bond donors (Lipinski definition) is 6. The average Bonchev–Trinajstić information content (AvgIpc) is 3.28. The van der Waals surface area contributed by atoms with Crippen LogP contribution in [0.1, 0.15) is 129 Å². The highest BCUT2D eigenvalue weighted by molar-refractivity contribution is 7.47. The molecule has 0 aromatic rings. The summed E-state index contributed by atoms with van der Waals surface area (Å²) >= 11 is 0. The molecule has 67 heavy (non-hydrogen) atoms. The van der Waals surface area contributed by atoms with Crippen molar-refractivity contribution in [3.63, 3.8) is 0 Å². The van der Waals surface area contributed by atoms with Gasteiger partial charge in [0.05, 0.1) is 32.0 Å². The molecule has 0 aromatic heterocycles. The minimum absolute atomic E-state index is 0.00623. The van der Waals surface area contributed by atoms with E-state index in [1.807, 2.05) is 43.4 Å². The first-order valence-electron chi connectivity index (χ1n) is 23.5. The number of allylic oxidation sites excluding steroid dienone is 16. The third-order valence-electron chi connectivity index (χ3n) is 9.00. The van der Waals surface area contributed by atoms with E-state index in [0.717, 1.165) is 51.4 Å². The van der Waals surface area contributed by atoms with Crippen molar-refractivity contribution in [3.05, 3.63) is 122 Å². The maximum atomic E-state index is 12.7. The maximum absolute atomic E-state index is 12.7. The lowest BCUT2D eigenvalue weighted by Crippen LogP contribution is -2.30. The van der Waals surface area contributed by atoms with Crippen LogP contribution in [-0.4, -0.2) is 92.8 Å². The van der Waals surface area contributed by atoms with Crippen LogP contribution < -0.4 is 0 Å². The zero-order valence-corrected chi connectivity index (χ0v) is 41.5. The predicted molar refractivity (Wildman–Crippen MR) is 264 cm³/mol. The van der Waals surface area contributed by atoms with Crippen molar-refractivity contribution in [1.82, 2.24) is 0 Å². The highest BCUT2D eigenvalue weighted by Crippen LogP contribution is 2.43. The number of aliphatic hydroxyl groups excluding tert-OH is 3. The summed E-state index contributed by atoms with van der Waals surface area (Å²) in [4.78, 5) is 52.8. The molecule has 0 bridgehead atoms. The number of carbonyl (C=O) groups excluding carboxylic acids is 2. The van der Waals surface area contributed by atoms with Crippen LogP contribution in [0.3, 0.4) is 0 Å². The van der Waals surface area contributed by atoms with Crippen LogP contribution in [0.5, 0.6) is 0 Å². The van der Waals surface area contributed by atoms with E-state index in [-0.39, 0.29) is 12.8 Å². The Bertz CT molecular complexity index is 1670. The zero-order chi connectivity index (χ0) is 49.7. The number of esters is 2. The summed E-state index contributed by atoms with van der Waals surface area (Å²) in [7, 11) is -9.78. The van der Waals surface area contributed by atoms with Crippen molar-refractivity contribution in [2.45, 2.75) is 154 Å². The van der Waals surface area contributed by atoms with Gasteiger partial charge in [0.25, 0.3) is 0 Å². The molecule has 5 atom stereocenters. The third kappa shape index (κ3) is 47.3. The monoisotopic (exact) mass is 982 g/mol. The first kappa shape index (κ1) is 63.4. The maximum Gasteiger partial charge on any atom is 0.472 e. The van der Waals surface area contributed by atoms with E-state index < -0.39 is 78.4 Å². The molecule has 0 rings (SSSR count). The van der Waals surface area contributed by atoms with Crippen molar-refractivity contribution in [1.29, 1.82) is 0 Å². The smallest absolute Gasteiger partial charge is 0.462 e. The lowest BCUT2D eigenvalue weighted by molar-refractivity contribution is -0.161. The Labute approximate surface area is 399 Å². The molecule has 15 nitrogen and oxygen atoms in total. The second kappa shape index (κ2) is 43.7. The molecule has 0 amide bonds. The number of unbranched alkanes of at least 4 members (excludes halogenated alkanes) is 7. The number of aliphatic hydroxyl groups is 3. The second-order valence-corrected chi connectivity index (χ2v) is 18.0. The Hall–Kier alpha value is -3.56. The van der Waals surface area contributed by atoms with Gasteiger partial charge < -0.3 is 39.5 Å². The van der Waals surface area contributed by atoms with Gasteiger partial charge in [-0.05, 0) is 83.5 Å². The first-order valence-corrected chi connectivity index (χ1v) is 26.5. The van der Waals surface area contributed by atoms with Gasteiger partial charge in [-0.15, -0.1) is 0 Å². The molecular weight excluding hydrogens is 902 g/mol. The summed E-state index contributed by atoms with van der Waals surface area (Å²) in [5, 5.41) is 29.8. The summed E-state index contributed by atoms with van der Waals surface area (Å²) in [6.45, 7) is 1.27. The van der Waals surface area contributed by atoms with Crippen molar-refractivity contribution >= 4 is 27.6 Å². The molecule has 0 heterocycles. The van der Waals surface area contributed by atoms with Crippen LogP contribution in [0.2, 0.25) is 0 Å². The van der Waals surface area contributed by atoms with Crippen LogP contribution in [0.4, 0.5) is 0 Å². The highest BCUT2D eigenvalue weighted by Gasteiger charge is 2.28.